The Morgan fingerprint density at radius 1 is 0.769 bits per heavy atom. The molecule has 3 amide bonds. The summed E-state index contributed by atoms with van der Waals surface area (Å²) in [7, 11) is 4.30. The molecule has 1 saturated heterocycles. The zero-order valence-corrected chi connectivity index (χ0v) is 22.1. The number of anilines is 1. The molecule has 2 aliphatic heterocycles. The van der Waals surface area contributed by atoms with Crippen molar-refractivity contribution in [3.8, 4) is 17.2 Å². The van der Waals surface area contributed by atoms with Crippen LogP contribution in [0.1, 0.15) is 32.3 Å². The Bertz CT molecular complexity index is 1550. The third kappa shape index (κ3) is 4.01. The highest BCUT2D eigenvalue weighted by molar-refractivity contribution is 6.42. The van der Waals surface area contributed by atoms with Crippen LogP contribution in [-0.4, -0.2) is 54.9 Å². The largest absolute Gasteiger partial charge is 0.493 e. The van der Waals surface area contributed by atoms with Gasteiger partial charge in [-0.3, -0.25) is 29.4 Å². The minimum Gasteiger partial charge on any atom is -0.493 e. The first-order chi connectivity index (χ1) is 18.6. The number of imide groups is 1. The number of ether oxygens (including phenoxy) is 3. The van der Waals surface area contributed by atoms with Gasteiger partial charge in [-0.25, -0.2) is 0 Å². The van der Waals surface area contributed by atoms with Gasteiger partial charge in [-0.1, -0.05) is 23.2 Å². The van der Waals surface area contributed by atoms with Crippen molar-refractivity contribution in [2.24, 2.45) is 0 Å². The van der Waals surface area contributed by atoms with E-state index in [1.165, 1.54) is 44.4 Å². The molecular weight excluding hydrogens is 553 g/mol. The smallest absolute Gasteiger partial charge is 0.270 e. The molecule has 2 aliphatic rings. The second-order valence-corrected chi connectivity index (χ2v) is 9.44. The maximum Gasteiger partial charge on any atom is 0.270 e. The molecule has 0 saturated carbocycles. The predicted molar refractivity (Wildman–Crippen MR) is 140 cm³/mol. The number of carbonyl (C=O) groups excluding carboxylic acids is 3. The van der Waals surface area contributed by atoms with E-state index in [1.807, 2.05) is 0 Å². The van der Waals surface area contributed by atoms with Crippen LogP contribution in [0.5, 0.6) is 17.2 Å². The van der Waals surface area contributed by atoms with E-state index in [4.69, 9.17) is 37.4 Å². The second-order valence-electron chi connectivity index (χ2n) is 8.62. The third-order valence-corrected chi connectivity index (χ3v) is 7.41. The zero-order chi connectivity index (χ0) is 28.2. The molecule has 0 N–H and O–H groups in total. The first-order valence-electron chi connectivity index (χ1n) is 11.4. The lowest BCUT2D eigenvalue weighted by Gasteiger charge is -2.50. The fraction of sp³-hybridized carbons (Fsp3) is 0.192. The molecule has 3 aromatic rings. The molecule has 5 rings (SSSR count). The van der Waals surface area contributed by atoms with Crippen LogP contribution in [0.3, 0.4) is 0 Å². The van der Waals surface area contributed by atoms with Gasteiger partial charge in [0.15, 0.2) is 11.5 Å². The molecule has 2 heterocycles. The molecule has 11 nitrogen and oxygen atoms in total. The topological polar surface area (TPSA) is 129 Å². The van der Waals surface area contributed by atoms with Crippen molar-refractivity contribution in [2.75, 3.05) is 26.2 Å². The molecule has 0 unspecified atom stereocenters. The van der Waals surface area contributed by atoms with Crippen LogP contribution in [0.15, 0.2) is 48.5 Å². The quantitative estimate of drug-likeness (QED) is 0.173. The number of hydrogen-bond acceptors (Lipinski definition) is 8. The fourth-order valence-corrected chi connectivity index (χ4v) is 5.16. The molecule has 0 radical (unpaired) electrons. The van der Waals surface area contributed by atoms with Gasteiger partial charge in [0.2, 0.25) is 5.75 Å². The summed E-state index contributed by atoms with van der Waals surface area (Å²) in [5.41, 5.74) is 0.295. The van der Waals surface area contributed by atoms with E-state index in [-0.39, 0.29) is 38.4 Å². The summed E-state index contributed by atoms with van der Waals surface area (Å²) in [5, 5.41) is 11.7. The number of nitrogens with zero attached hydrogens (tertiary/aromatic N) is 3. The van der Waals surface area contributed by atoms with Crippen molar-refractivity contribution in [3.63, 3.8) is 0 Å². The molecular formula is C26H19Cl2N3O8. The zero-order valence-electron chi connectivity index (χ0n) is 20.6. The summed E-state index contributed by atoms with van der Waals surface area (Å²) in [6.45, 7) is 0. The maximum atomic E-state index is 13.7. The number of amides is 3. The Labute approximate surface area is 231 Å². The summed E-state index contributed by atoms with van der Waals surface area (Å²) >= 11 is 12.3. The predicted octanol–water partition coefficient (Wildman–Crippen LogP) is 4.68. The summed E-state index contributed by atoms with van der Waals surface area (Å²) in [6.07, 6.45) is 0. The van der Waals surface area contributed by atoms with Crippen LogP contribution >= 0.6 is 23.2 Å². The fourth-order valence-electron chi connectivity index (χ4n) is 4.87. The van der Waals surface area contributed by atoms with Gasteiger partial charge in [-0.15, -0.1) is 0 Å². The molecule has 3 aromatic carbocycles. The molecule has 1 fully saturated rings. The lowest BCUT2D eigenvalue weighted by Crippen LogP contribution is -2.67. The Hall–Kier alpha value is -4.35. The number of benzene rings is 3. The highest BCUT2D eigenvalue weighted by Gasteiger charge is 2.57. The molecule has 39 heavy (non-hydrogen) atoms. The minimum atomic E-state index is -1.28. The number of nitro benzene ring substituents is 1. The van der Waals surface area contributed by atoms with Crippen LogP contribution in [0.25, 0.3) is 0 Å². The Kier molecular flexibility index (Phi) is 6.57. The van der Waals surface area contributed by atoms with Crippen LogP contribution in [0.4, 0.5) is 11.4 Å². The van der Waals surface area contributed by atoms with Crippen molar-refractivity contribution in [1.29, 1.82) is 0 Å². The molecule has 0 aliphatic carbocycles. The van der Waals surface area contributed by atoms with Crippen molar-refractivity contribution in [2.45, 2.75) is 12.1 Å². The van der Waals surface area contributed by atoms with Crippen LogP contribution in [0.2, 0.25) is 10.0 Å². The van der Waals surface area contributed by atoms with Gasteiger partial charge in [-0.2, -0.15) is 0 Å². The second kappa shape index (κ2) is 9.75. The summed E-state index contributed by atoms with van der Waals surface area (Å²) in [5.74, 6) is -1.25. The van der Waals surface area contributed by atoms with Gasteiger partial charge >= 0.3 is 0 Å². The van der Waals surface area contributed by atoms with Crippen LogP contribution in [0, 0.1) is 10.1 Å². The number of halogens is 2. The number of hydrogen-bond donors (Lipinski definition) is 0. The van der Waals surface area contributed by atoms with Crippen molar-refractivity contribution in [3.05, 3.63) is 85.4 Å². The average molecular weight is 572 g/mol. The normalized spacial score (nSPS) is 18.1. The average Bonchev–Trinajstić information content (AvgIpc) is 3.17. The van der Waals surface area contributed by atoms with Gasteiger partial charge < -0.3 is 19.1 Å². The van der Waals surface area contributed by atoms with Crippen LogP contribution in [-0.2, 0) is 4.79 Å². The molecule has 0 bridgehead atoms. The summed E-state index contributed by atoms with van der Waals surface area (Å²) < 4.78 is 16.3. The number of methoxy groups -OCH3 is 3. The highest BCUT2D eigenvalue weighted by Crippen LogP contribution is 2.49. The summed E-state index contributed by atoms with van der Waals surface area (Å²) in [4.78, 5) is 53.3. The number of fused-ring (bicyclic) bond motifs is 1. The van der Waals surface area contributed by atoms with Crippen molar-refractivity contribution in [1.82, 2.24) is 4.90 Å². The molecule has 2 atom stereocenters. The minimum absolute atomic E-state index is 0.0324. The van der Waals surface area contributed by atoms with Crippen molar-refractivity contribution < 1.29 is 33.5 Å². The van der Waals surface area contributed by atoms with E-state index in [9.17, 15) is 24.5 Å². The van der Waals surface area contributed by atoms with E-state index < -0.39 is 34.7 Å². The number of β-lactam (4-membered cyclic amide) rings is 1. The standard InChI is InChI=1S/C26H19Cl2N3O8/c1-37-19-8-12(9-20(38-2)23(19)39-3)21-22(26(34)29(21)13-5-7-17(27)18(28)11-13)30-24(32)15-6-4-14(31(35)36)10-16(15)25(30)33/h4-11,21-22H,1-3H3/t21-,22-/m0/s1. The number of rotatable bonds is 7. The maximum absolute atomic E-state index is 13.7. The Morgan fingerprint density at radius 2 is 1.41 bits per heavy atom. The lowest BCUT2D eigenvalue weighted by atomic mass is 9.86. The van der Waals surface area contributed by atoms with E-state index in [0.717, 1.165) is 17.0 Å². The first kappa shape index (κ1) is 26.3. The SMILES string of the molecule is COc1cc([C@H]2[C@H](N3C(=O)c4ccc([N+](=O)[O-])cc4C3=O)C(=O)N2c2ccc(Cl)c(Cl)c2)cc(OC)c1OC. The lowest BCUT2D eigenvalue weighted by molar-refractivity contribution is -0.384. The summed E-state index contributed by atoms with van der Waals surface area (Å²) in [6, 6.07) is 9.01. The number of nitro groups is 1. The van der Waals surface area contributed by atoms with E-state index in [2.05, 4.69) is 0 Å². The molecule has 0 spiro atoms. The van der Waals surface area contributed by atoms with Gasteiger partial charge in [0.1, 0.15) is 6.04 Å². The Balaban J connectivity index is 1.65. The molecule has 200 valence electrons. The van der Waals surface area contributed by atoms with Gasteiger partial charge in [0.25, 0.3) is 23.4 Å². The molecule has 0 aromatic heterocycles. The highest BCUT2D eigenvalue weighted by atomic mass is 35.5. The number of non-ortho nitro benzene ring substituents is 1. The van der Waals surface area contributed by atoms with E-state index in [0.29, 0.717) is 17.0 Å². The third-order valence-electron chi connectivity index (χ3n) is 6.67. The monoisotopic (exact) mass is 571 g/mol. The first-order valence-corrected chi connectivity index (χ1v) is 12.1. The van der Waals surface area contributed by atoms with E-state index in [1.54, 1.807) is 18.2 Å². The molecule has 13 heteroatoms. The van der Waals surface area contributed by atoms with Gasteiger partial charge in [0.05, 0.1) is 53.5 Å². The number of carbonyl (C=O) groups is 3. The van der Waals surface area contributed by atoms with E-state index >= 15 is 0 Å². The van der Waals surface area contributed by atoms with Gasteiger partial charge in [-0.05, 0) is 42.0 Å². The Morgan fingerprint density at radius 3 is 1.97 bits per heavy atom. The van der Waals surface area contributed by atoms with Crippen LogP contribution < -0.4 is 19.1 Å². The van der Waals surface area contributed by atoms with Crippen molar-refractivity contribution >= 4 is 52.3 Å². The van der Waals surface area contributed by atoms with Gasteiger partial charge in [0, 0.05) is 17.8 Å².